The standard InChI is InChI=1S/C8H13N.H2/c1-2-4-8(3-1)5-6-9-7-8;/h1-2,9H,3-7H2;1H. The predicted molar refractivity (Wildman–Crippen MR) is 40.4 cm³/mol. The highest BCUT2D eigenvalue weighted by Crippen LogP contribution is 2.38. The van der Waals surface area contributed by atoms with Gasteiger partial charge in [0.15, 0.2) is 0 Å². The summed E-state index contributed by atoms with van der Waals surface area (Å²) in [6.07, 6.45) is 8.68. The molecule has 2 rings (SSSR count). The summed E-state index contributed by atoms with van der Waals surface area (Å²) in [5.74, 6) is 0. The first-order valence-corrected chi connectivity index (χ1v) is 3.77. The van der Waals surface area contributed by atoms with E-state index in [4.69, 9.17) is 0 Å². The van der Waals surface area contributed by atoms with Crippen LogP contribution >= 0.6 is 0 Å². The Bertz CT molecular complexity index is 126. The molecule has 0 atom stereocenters. The van der Waals surface area contributed by atoms with Crippen molar-refractivity contribution < 1.29 is 1.43 Å². The van der Waals surface area contributed by atoms with E-state index in [1.165, 1.54) is 32.4 Å². The third-order valence-corrected chi connectivity index (χ3v) is 2.60. The summed E-state index contributed by atoms with van der Waals surface area (Å²) >= 11 is 0. The first-order chi connectivity index (χ1) is 4.41. The van der Waals surface area contributed by atoms with Crippen LogP contribution in [0, 0.1) is 5.41 Å². The van der Waals surface area contributed by atoms with Gasteiger partial charge in [-0.3, -0.25) is 0 Å². The number of nitrogens with one attached hydrogen (secondary N) is 1. The summed E-state index contributed by atoms with van der Waals surface area (Å²) in [6.45, 7) is 2.49. The first-order valence-electron chi connectivity index (χ1n) is 3.77. The normalized spacial score (nSPS) is 30.2. The molecule has 1 heterocycles. The van der Waals surface area contributed by atoms with E-state index in [-0.39, 0.29) is 1.43 Å². The van der Waals surface area contributed by atoms with Crippen LogP contribution in [0.4, 0.5) is 0 Å². The maximum atomic E-state index is 3.42. The summed E-state index contributed by atoms with van der Waals surface area (Å²) in [5.41, 5.74) is 0.667. The second kappa shape index (κ2) is 1.84. The van der Waals surface area contributed by atoms with Gasteiger partial charge in [0.05, 0.1) is 0 Å². The Morgan fingerprint density at radius 1 is 1.33 bits per heavy atom. The second-order valence-corrected chi connectivity index (χ2v) is 3.31. The van der Waals surface area contributed by atoms with E-state index in [9.17, 15) is 0 Å². The van der Waals surface area contributed by atoms with Crippen LogP contribution in [0.15, 0.2) is 12.2 Å². The zero-order chi connectivity index (χ0) is 6.16. The summed E-state index contributed by atoms with van der Waals surface area (Å²) in [4.78, 5) is 0. The van der Waals surface area contributed by atoms with E-state index < -0.39 is 0 Å². The quantitative estimate of drug-likeness (QED) is 0.484. The second-order valence-electron chi connectivity index (χ2n) is 3.31. The molecular formula is C8H15N. The van der Waals surface area contributed by atoms with Crippen LogP contribution in [0.3, 0.4) is 0 Å². The number of allylic oxidation sites excluding steroid dienone is 2. The SMILES string of the molecule is C1=CCC2(C1)CCNC2.[HH]. The Morgan fingerprint density at radius 3 is 2.67 bits per heavy atom. The third-order valence-electron chi connectivity index (χ3n) is 2.60. The van der Waals surface area contributed by atoms with Gasteiger partial charge in [0.2, 0.25) is 0 Å². The average Bonchev–Trinajstić information content (AvgIpc) is 2.45. The molecule has 0 saturated carbocycles. The lowest BCUT2D eigenvalue weighted by Crippen LogP contribution is -2.19. The van der Waals surface area contributed by atoms with Crippen molar-refractivity contribution in [3.63, 3.8) is 0 Å². The van der Waals surface area contributed by atoms with Crippen molar-refractivity contribution in [2.24, 2.45) is 5.41 Å². The minimum Gasteiger partial charge on any atom is -0.316 e. The molecule has 1 nitrogen and oxygen atoms in total. The number of hydrogen-bond acceptors (Lipinski definition) is 1. The van der Waals surface area contributed by atoms with Crippen LogP contribution < -0.4 is 5.32 Å². The lowest BCUT2D eigenvalue weighted by atomic mass is 9.85. The lowest BCUT2D eigenvalue weighted by Gasteiger charge is -2.19. The summed E-state index contributed by atoms with van der Waals surface area (Å²) in [5, 5.41) is 3.42. The molecule has 1 heteroatoms. The molecule has 0 aromatic heterocycles. The molecule has 9 heavy (non-hydrogen) atoms. The minimum absolute atomic E-state index is 0. The highest BCUT2D eigenvalue weighted by molar-refractivity contribution is 5.05. The Balaban J connectivity index is 0.000000500. The molecule has 1 saturated heterocycles. The van der Waals surface area contributed by atoms with Crippen molar-refractivity contribution in [2.45, 2.75) is 19.3 Å². The predicted octanol–water partition coefficient (Wildman–Crippen LogP) is 1.56. The van der Waals surface area contributed by atoms with Gasteiger partial charge in [-0.2, -0.15) is 0 Å². The zero-order valence-electron chi connectivity index (χ0n) is 5.69. The van der Waals surface area contributed by atoms with Gasteiger partial charge in [0.1, 0.15) is 0 Å². The molecule has 2 aliphatic rings. The molecular weight excluding hydrogens is 110 g/mol. The minimum atomic E-state index is 0. The van der Waals surface area contributed by atoms with E-state index in [2.05, 4.69) is 17.5 Å². The van der Waals surface area contributed by atoms with E-state index in [1.54, 1.807) is 0 Å². The Labute approximate surface area is 57.6 Å². The van der Waals surface area contributed by atoms with Crippen molar-refractivity contribution in [3.8, 4) is 0 Å². The molecule has 1 aliphatic carbocycles. The van der Waals surface area contributed by atoms with Gasteiger partial charge < -0.3 is 5.32 Å². The fourth-order valence-corrected chi connectivity index (χ4v) is 1.89. The zero-order valence-corrected chi connectivity index (χ0v) is 5.69. The van der Waals surface area contributed by atoms with Crippen molar-refractivity contribution in [1.82, 2.24) is 5.32 Å². The molecule has 1 fully saturated rings. The molecule has 0 aromatic carbocycles. The molecule has 0 amide bonds. The van der Waals surface area contributed by atoms with E-state index in [0.29, 0.717) is 5.41 Å². The third kappa shape index (κ3) is 0.799. The first kappa shape index (κ1) is 5.48. The van der Waals surface area contributed by atoms with Gasteiger partial charge in [-0.25, -0.2) is 0 Å². The molecule has 1 spiro atoms. The van der Waals surface area contributed by atoms with Gasteiger partial charge in [0.25, 0.3) is 0 Å². The molecule has 0 bridgehead atoms. The monoisotopic (exact) mass is 125 g/mol. The van der Waals surface area contributed by atoms with Gasteiger partial charge in [-0.15, -0.1) is 0 Å². The Morgan fingerprint density at radius 2 is 2.11 bits per heavy atom. The molecule has 1 N–H and O–H groups in total. The van der Waals surface area contributed by atoms with E-state index in [0.717, 1.165) is 0 Å². The van der Waals surface area contributed by atoms with Crippen LogP contribution in [0.1, 0.15) is 20.7 Å². The van der Waals surface area contributed by atoms with Gasteiger partial charge in [0, 0.05) is 7.97 Å². The molecule has 0 radical (unpaired) electrons. The van der Waals surface area contributed by atoms with Crippen LogP contribution in [-0.2, 0) is 0 Å². The summed E-state index contributed by atoms with van der Waals surface area (Å²) < 4.78 is 0. The highest BCUT2D eigenvalue weighted by atomic mass is 14.9. The molecule has 0 unspecified atom stereocenters. The highest BCUT2D eigenvalue weighted by Gasteiger charge is 2.33. The van der Waals surface area contributed by atoms with Crippen molar-refractivity contribution in [2.75, 3.05) is 13.1 Å². The Hall–Kier alpha value is -0.300. The van der Waals surface area contributed by atoms with Crippen molar-refractivity contribution >= 4 is 0 Å². The van der Waals surface area contributed by atoms with Gasteiger partial charge in [-0.1, -0.05) is 12.2 Å². The maximum absolute atomic E-state index is 3.42. The van der Waals surface area contributed by atoms with Crippen molar-refractivity contribution in [1.29, 1.82) is 0 Å². The van der Waals surface area contributed by atoms with E-state index >= 15 is 0 Å². The summed E-state index contributed by atoms with van der Waals surface area (Å²) in [6, 6.07) is 0. The number of rotatable bonds is 0. The topological polar surface area (TPSA) is 12.0 Å². The van der Waals surface area contributed by atoms with Crippen LogP contribution in [0.2, 0.25) is 0 Å². The largest absolute Gasteiger partial charge is 0.316 e. The number of hydrogen-bond donors (Lipinski definition) is 1. The fourth-order valence-electron chi connectivity index (χ4n) is 1.89. The maximum Gasteiger partial charge on any atom is 0.00142 e. The van der Waals surface area contributed by atoms with Gasteiger partial charge in [-0.05, 0) is 31.2 Å². The lowest BCUT2D eigenvalue weighted by molar-refractivity contribution is 0.351. The average molecular weight is 125 g/mol. The van der Waals surface area contributed by atoms with Crippen LogP contribution in [0.5, 0.6) is 0 Å². The van der Waals surface area contributed by atoms with E-state index in [1.807, 2.05) is 0 Å². The Kier molecular flexibility index (Phi) is 1.12. The van der Waals surface area contributed by atoms with Gasteiger partial charge >= 0.3 is 0 Å². The summed E-state index contributed by atoms with van der Waals surface area (Å²) in [7, 11) is 0. The molecule has 52 valence electrons. The van der Waals surface area contributed by atoms with Crippen molar-refractivity contribution in [3.05, 3.63) is 12.2 Å². The molecule has 0 aromatic rings. The van der Waals surface area contributed by atoms with Crippen LogP contribution in [0.25, 0.3) is 0 Å². The van der Waals surface area contributed by atoms with Crippen LogP contribution in [-0.4, -0.2) is 13.1 Å². The fraction of sp³-hybridized carbons (Fsp3) is 0.750. The smallest absolute Gasteiger partial charge is 0.00142 e. The molecule has 1 aliphatic heterocycles.